The van der Waals surface area contributed by atoms with Crippen molar-refractivity contribution in [3.05, 3.63) is 35.6 Å². The summed E-state index contributed by atoms with van der Waals surface area (Å²) in [6.45, 7) is 1.28. The molecule has 0 saturated heterocycles. The van der Waals surface area contributed by atoms with Crippen LogP contribution in [0.4, 0.5) is 8.78 Å². The van der Waals surface area contributed by atoms with Gasteiger partial charge in [0.1, 0.15) is 18.3 Å². The summed E-state index contributed by atoms with van der Waals surface area (Å²) >= 11 is 0. The largest absolute Gasteiger partial charge is 0.303 e. The molecular weight excluding hydrogens is 174 g/mol. The maximum atomic E-state index is 12.8. The molecule has 0 fully saturated rings. The number of benzene rings is 1. The van der Waals surface area contributed by atoms with Crippen molar-refractivity contribution in [3.63, 3.8) is 0 Å². The molecule has 2 atom stereocenters. The Morgan fingerprint density at radius 1 is 1.46 bits per heavy atom. The van der Waals surface area contributed by atoms with Crippen LogP contribution in [-0.4, -0.2) is 12.5 Å². The van der Waals surface area contributed by atoms with Gasteiger partial charge in [-0.25, -0.2) is 8.78 Å². The predicted molar refractivity (Wildman–Crippen MR) is 45.8 cm³/mol. The quantitative estimate of drug-likeness (QED) is 0.659. The molecule has 70 valence electrons. The molecule has 0 heterocycles. The molecule has 0 bridgehead atoms. The summed E-state index contributed by atoms with van der Waals surface area (Å²) in [5.41, 5.74) is 0.380. The zero-order chi connectivity index (χ0) is 9.84. The minimum absolute atomic E-state index is 0.380. The van der Waals surface area contributed by atoms with E-state index in [-0.39, 0.29) is 0 Å². The molecule has 0 amide bonds. The van der Waals surface area contributed by atoms with Gasteiger partial charge in [0.25, 0.3) is 0 Å². The summed E-state index contributed by atoms with van der Waals surface area (Å²) < 4.78 is 25.5. The van der Waals surface area contributed by atoms with E-state index in [9.17, 15) is 13.6 Å². The third-order valence-corrected chi connectivity index (χ3v) is 1.88. The second kappa shape index (κ2) is 4.12. The minimum Gasteiger partial charge on any atom is -0.303 e. The van der Waals surface area contributed by atoms with Crippen LogP contribution in [0.3, 0.4) is 0 Å². The monoisotopic (exact) mass is 184 g/mol. The van der Waals surface area contributed by atoms with Crippen LogP contribution in [0.5, 0.6) is 0 Å². The molecule has 1 rings (SSSR count). The molecule has 0 aliphatic carbocycles. The number of alkyl halides is 1. The number of hydrogen-bond donors (Lipinski definition) is 0. The molecule has 0 spiro atoms. The smallest absolute Gasteiger partial charge is 0.130 e. The van der Waals surface area contributed by atoms with E-state index in [4.69, 9.17) is 0 Å². The molecule has 3 heteroatoms. The zero-order valence-electron chi connectivity index (χ0n) is 7.21. The van der Waals surface area contributed by atoms with Gasteiger partial charge < -0.3 is 4.79 Å². The van der Waals surface area contributed by atoms with Crippen molar-refractivity contribution in [3.8, 4) is 0 Å². The van der Waals surface area contributed by atoms with E-state index in [0.29, 0.717) is 11.8 Å². The third-order valence-electron chi connectivity index (χ3n) is 1.88. The maximum Gasteiger partial charge on any atom is 0.130 e. The minimum atomic E-state index is -1.29. The first-order valence-corrected chi connectivity index (χ1v) is 4.00. The molecule has 0 N–H and O–H groups in total. The first-order chi connectivity index (χ1) is 6.15. The second-order valence-corrected chi connectivity index (χ2v) is 2.89. The number of hydrogen-bond acceptors (Lipinski definition) is 1. The lowest BCUT2D eigenvalue weighted by Gasteiger charge is -2.11. The summed E-state index contributed by atoms with van der Waals surface area (Å²) in [6.07, 6.45) is -0.793. The molecule has 1 nitrogen and oxygen atoms in total. The first kappa shape index (κ1) is 9.84. The second-order valence-electron chi connectivity index (χ2n) is 2.89. The van der Waals surface area contributed by atoms with E-state index < -0.39 is 17.9 Å². The number of aldehydes is 1. The van der Waals surface area contributed by atoms with Crippen molar-refractivity contribution in [1.29, 1.82) is 0 Å². The Hall–Kier alpha value is -1.25. The molecule has 0 aliphatic rings. The molecule has 0 aromatic heterocycles. The maximum absolute atomic E-state index is 12.8. The standard InChI is InChI=1S/C10H10F2O/c1-7(11)10(6-13)8-3-2-4-9(12)5-8/h2-7,10H,1H3. The van der Waals surface area contributed by atoms with Crippen molar-refractivity contribution in [2.45, 2.75) is 19.0 Å². The van der Waals surface area contributed by atoms with Gasteiger partial charge in [0.05, 0.1) is 5.92 Å². The Morgan fingerprint density at radius 3 is 2.62 bits per heavy atom. The fraction of sp³-hybridized carbons (Fsp3) is 0.300. The van der Waals surface area contributed by atoms with Crippen molar-refractivity contribution >= 4 is 6.29 Å². The highest BCUT2D eigenvalue weighted by molar-refractivity contribution is 5.63. The molecule has 13 heavy (non-hydrogen) atoms. The molecule has 0 saturated carbocycles. The van der Waals surface area contributed by atoms with Gasteiger partial charge in [-0.3, -0.25) is 0 Å². The Kier molecular flexibility index (Phi) is 3.12. The fourth-order valence-electron chi connectivity index (χ4n) is 1.17. The van der Waals surface area contributed by atoms with Gasteiger partial charge in [-0.2, -0.15) is 0 Å². The molecular formula is C10H10F2O. The van der Waals surface area contributed by atoms with Crippen molar-refractivity contribution in [2.75, 3.05) is 0 Å². The average molecular weight is 184 g/mol. The Morgan fingerprint density at radius 2 is 2.15 bits per heavy atom. The summed E-state index contributed by atoms with van der Waals surface area (Å²) in [5.74, 6) is -1.32. The lowest BCUT2D eigenvalue weighted by molar-refractivity contribution is -0.110. The Balaban J connectivity index is 2.98. The van der Waals surface area contributed by atoms with Crippen LogP contribution in [0.25, 0.3) is 0 Å². The fourth-order valence-corrected chi connectivity index (χ4v) is 1.17. The van der Waals surface area contributed by atoms with Crippen LogP contribution >= 0.6 is 0 Å². The lowest BCUT2D eigenvalue weighted by atomic mass is 9.97. The van der Waals surface area contributed by atoms with E-state index in [1.54, 1.807) is 0 Å². The normalized spacial score (nSPS) is 15.0. The summed E-state index contributed by atoms with van der Waals surface area (Å²) in [7, 11) is 0. The predicted octanol–water partition coefficient (Wildman–Crippen LogP) is 2.47. The van der Waals surface area contributed by atoms with Gasteiger partial charge in [-0.05, 0) is 24.6 Å². The van der Waals surface area contributed by atoms with Crippen molar-refractivity contribution in [2.24, 2.45) is 0 Å². The van der Waals surface area contributed by atoms with Gasteiger partial charge in [0.2, 0.25) is 0 Å². The lowest BCUT2D eigenvalue weighted by Crippen LogP contribution is -2.11. The highest BCUT2D eigenvalue weighted by atomic mass is 19.1. The van der Waals surface area contributed by atoms with Gasteiger partial charge >= 0.3 is 0 Å². The van der Waals surface area contributed by atoms with Gasteiger partial charge in [0.15, 0.2) is 0 Å². The van der Waals surface area contributed by atoms with E-state index in [1.165, 1.54) is 31.2 Å². The molecule has 0 aliphatic heterocycles. The third kappa shape index (κ3) is 2.34. The highest BCUT2D eigenvalue weighted by Gasteiger charge is 2.17. The van der Waals surface area contributed by atoms with Gasteiger partial charge in [0, 0.05) is 0 Å². The van der Waals surface area contributed by atoms with Gasteiger partial charge in [-0.15, -0.1) is 0 Å². The molecule has 1 aromatic rings. The average Bonchev–Trinajstić information content (AvgIpc) is 2.04. The van der Waals surface area contributed by atoms with Crippen LogP contribution in [0.15, 0.2) is 24.3 Å². The van der Waals surface area contributed by atoms with Crippen molar-refractivity contribution < 1.29 is 13.6 Å². The zero-order valence-corrected chi connectivity index (χ0v) is 7.21. The summed E-state index contributed by atoms with van der Waals surface area (Å²) in [4.78, 5) is 10.5. The van der Waals surface area contributed by atoms with Crippen molar-refractivity contribution in [1.82, 2.24) is 0 Å². The summed E-state index contributed by atoms with van der Waals surface area (Å²) in [6, 6.07) is 5.44. The summed E-state index contributed by atoms with van der Waals surface area (Å²) in [5, 5.41) is 0. The first-order valence-electron chi connectivity index (χ1n) is 4.00. The van der Waals surface area contributed by atoms with Crippen LogP contribution in [0.1, 0.15) is 18.4 Å². The number of rotatable bonds is 3. The number of carbonyl (C=O) groups excluding carboxylic acids is 1. The highest BCUT2D eigenvalue weighted by Crippen LogP contribution is 2.20. The molecule has 1 aromatic carbocycles. The number of carbonyl (C=O) groups is 1. The van der Waals surface area contributed by atoms with Crippen LogP contribution in [0, 0.1) is 5.82 Å². The molecule has 0 radical (unpaired) electrons. The van der Waals surface area contributed by atoms with E-state index in [0.717, 1.165) is 0 Å². The van der Waals surface area contributed by atoms with Crippen LogP contribution in [-0.2, 0) is 4.79 Å². The number of halogens is 2. The SMILES string of the molecule is CC(F)C(C=O)c1cccc(F)c1. The Labute approximate surface area is 75.4 Å². The van der Waals surface area contributed by atoms with E-state index in [2.05, 4.69) is 0 Å². The van der Waals surface area contributed by atoms with Gasteiger partial charge in [-0.1, -0.05) is 12.1 Å². The Bertz CT molecular complexity index is 297. The van der Waals surface area contributed by atoms with E-state index >= 15 is 0 Å². The van der Waals surface area contributed by atoms with Crippen LogP contribution in [0.2, 0.25) is 0 Å². The van der Waals surface area contributed by atoms with Crippen LogP contribution < -0.4 is 0 Å². The molecule has 2 unspecified atom stereocenters. The topological polar surface area (TPSA) is 17.1 Å². The van der Waals surface area contributed by atoms with E-state index in [1.807, 2.05) is 0 Å².